The Morgan fingerprint density at radius 2 is 1.88 bits per heavy atom. The minimum absolute atomic E-state index is 0.332. The van der Waals surface area contributed by atoms with Gasteiger partial charge in [0.2, 0.25) is 5.95 Å². The van der Waals surface area contributed by atoms with Gasteiger partial charge in [-0.15, -0.1) is 0 Å². The number of aryl methyl sites for hydroxylation is 1. The average molecular weight is 346 g/mol. The second kappa shape index (κ2) is 7.08. The van der Waals surface area contributed by atoms with Crippen LogP contribution in [0.1, 0.15) is 51.1 Å². The summed E-state index contributed by atoms with van der Waals surface area (Å²) in [6.07, 6.45) is 6.79. The number of aromatic nitrogens is 2. The fourth-order valence-corrected chi connectivity index (χ4v) is 4.38. The van der Waals surface area contributed by atoms with Gasteiger partial charge >= 0.3 is 0 Å². The van der Waals surface area contributed by atoms with Crippen LogP contribution in [0.5, 0.6) is 0 Å². The van der Waals surface area contributed by atoms with E-state index in [0.29, 0.717) is 6.04 Å². The number of piperidine rings is 2. The van der Waals surface area contributed by atoms with E-state index in [4.69, 9.17) is 19.4 Å². The van der Waals surface area contributed by atoms with Gasteiger partial charge in [0.1, 0.15) is 5.82 Å². The Labute approximate surface area is 150 Å². The summed E-state index contributed by atoms with van der Waals surface area (Å²) in [4.78, 5) is 14.5. The summed E-state index contributed by atoms with van der Waals surface area (Å²) in [5.74, 6) is 1.63. The van der Waals surface area contributed by atoms with E-state index in [1.165, 1.54) is 19.3 Å². The van der Waals surface area contributed by atoms with Crippen LogP contribution in [0.15, 0.2) is 6.07 Å². The number of nitrogens with zero attached hydrogens (tertiary/aromatic N) is 4. The van der Waals surface area contributed by atoms with E-state index in [0.717, 1.165) is 69.6 Å². The fraction of sp³-hybridized carbons (Fsp3) is 0.789. The van der Waals surface area contributed by atoms with Gasteiger partial charge in [-0.1, -0.05) is 6.92 Å². The lowest BCUT2D eigenvalue weighted by Gasteiger charge is -2.39. The second-order valence-electron chi connectivity index (χ2n) is 7.51. The van der Waals surface area contributed by atoms with Crippen molar-refractivity contribution < 1.29 is 9.47 Å². The van der Waals surface area contributed by atoms with E-state index in [1.54, 1.807) is 0 Å². The highest BCUT2D eigenvalue weighted by molar-refractivity contribution is 5.47. The minimum atomic E-state index is -0.332. The van der Waals surface area contributed by atoms with Crippen LogP contribution in [-0.4, -0.2) is 54.6 Å². The zero-order chi connectivity index (χ0) is 17.3. The van der Waals surface area contributed by atoms with Crippen LogP contribution < -0.4 is 9.80 Å². The summed E-state index contributed by atoms with van der Waals surface area (Å²) in [6.45, 7) is 8.72. The van der Waals surface area contributed by atoms with Crippen molar-refractivity contribution in [3.63, 3.8) is 0 Å². The maximum absolute atomic E-state index is 5.85. The third-order valence-electron chi connectivity index (χ3n) is 5.85. The SMILES string of the molecule is CCC1CCCCN1c1nc(C)cc(N2CCC3(CC2)OCCO3)n1. The summed E-state index contributed by atoms with van der Waals surface area (Å²) in [5.41, 5.74) is 1.05. The first-order chi connectivity index (χ1) is 12.2. The van der Waals surface area contributed by atoms with Crippen molar-refractivity contribution in [1.82, 2.24) is 9.97 Å². The Balaban J connectivity index is 1.52. The molecule has 3 saturated heterocycles. The van der Waals surface area contributed by atoms with Crippen molar-refractivity contribution in [2.45, 2.75) is 64.2 Å². The van der Waals surface area contributed by atoms with Crippen molar-refractivity contribution in [1.29, 1.82) is 0 Å². The van der Waals surface area contributed by atoms with E-state index in [2.05, 4.69) is 29.7 Å². The molecule has 1 aromatic heterocycles. The van der Waals surface area contributed by atoms with Crippen LogP contribution in [0, 0.1) is 6.92 Å². The summed E-state index contributed by atoms with van der Waals surface area (Å²) in [5, 5.41) is 0. The number of hydrogen-bond acceptors (Lipinski definition) is 6. The van der Waals surface area contributed by atoms with Gasteiger partial charge in [-0.25, -0.2) is 4.98 Å². The summed E-state index contributed by atoms with van der Waals surface area (Å²) in [6, 6.07) is 2.69. The smallest absolute Gasteiger partial charge is 0.227 e. The maximum Gasteiger partial charge on any atom is 0.227 e. The van der Waals surface area contributed by atoms with Gasteiger partial charge in [-0.3, -0.25) is 0 Å². The third-order valence-corrected chi connectivity index (χ3v) is 5.85. The molecule has 0 bridgehead atoms. The molecule has 138 valence electrons. The highest BCUT2D eigenvalue weighted by atomic mass is 16.7. The van der Waals surface area contributed by atoms with Crippen molar-refractivity contribution in [3.8, 4) is 0 Å². The van der Waals surface area contributed by atoms with Gasteiger partial charge in [-0.2, -0.15) is 4.98 Å². The Morgan fingerprint density at radius 1 is 1.12 bits per heavy atom. The van der Waals surface area contributed by atoms with E-state index in [1.807, 2.05) is 0 Å². The molecule has 6 nitrogen and oxygen atoms in total. The zero-order valence-corrected chi connectivity index (χ0v) is 15.5. The van der Waals surface area contributed by atoms with Crippen molar-refractivity contribution in [2.75, 3.05) is 42.6 Å². The van der Waals surface area contributed by atoms with Crippen LogP contribution in [0.4, 0.5) is 11.8 Å². The maximum atomic E-state index is 5.85. The van der Waals surface area contributed by atoms with E-state index >= 15 is 0 Å². The zero-order valence-electron chi connectivity index (χ0n) is 15.5. The molecule has 3 aliphatic rings. The molecule has 1 unspecified atom stereocenters. The summed E-state index contributed by atoms with van der Waals surface area (Å²) >= 11 is 0. The largest absolute Gasteiger partial charge is 0.356 e. The number of rotatable bonds is 3. The van der Waals surface area contributed by atoms with Crippen LogP contribution >= 0.6 is 0 Å². The molecule has 0 aliphatic carbocycles. The molecule has 1 atom stereocenters. The molecule has 0 saturated carbocycles. The monoisotopic (exact) mass is 346 g/mol. The predicted molar refractivity (Wildman–Crippen MR) is 98.1 cm³/mol. The lowest BCUT2D eigenvalue weighted by Crippen LogP contribution is -2.46. The van der Waals surface area contributed by atoms with E-state index < -0.39 is 0 Å². The molecule has 3 fully saturated rings. The summed E-state index contributed by atoms with van der Waals surface area (Å²) < 4.78 is 11.7. The van der Waals surface area contributed by atoms with Crippen LogP contribution in [0.25, 0.3) is 0 Å². The van der Waals surface area contributed by atoms with Gasteiger partial charge in [0.25, 0.3) is 0 Å². The Bertz CT molecular complexity index is 593. The first-order valence-electron chi connectivity index (χ1n) is 9.84. The van der Waals surface area contributed by atoms with Gasteiger partial charge in [-0.05, 0) is 32.6 Å². The second-order valence-corrected chi connectivity index (χ2v) is 7.51. The fourth-order valence-electron chi connectivity index (χ4n) is 4.38. The van der Waals surface area contributed by atoms with Gasteiger partial charge in [0.05, 0.1) is 13.2 Å². The van der Waals surface area contributed by atoms with Crippen LogP contribution in [0.3, 0.4) is 0 Å². The molecule has 1 spiro atoms. The van der Waals surface area contributed by atoms with Crippen molar-refractivity contribution in [3.05, 3.63) is 11.8 Å². The molecule has 0 amide bonds. The molecule has 3 aliphatic heterocycles. The number of ether oxygens (including phenoxy) is 2. The Morgan fingerprint density at radius 3 is 2.60 bits per heavy atom. The first kappa shape index (κ1) is 17.0. The molecule has 4 heterocycles. The predicted octanol–water partition coefficient (Wildman–Crippen LogP) is 2.90. The normalized spacial score (nSPS) is 26.4. The van der Waals surface area contributed by atoms with E-state index in [9.17, 15) is 0 Å². The third kappa shape index (κ3) is 3.47. The number of hydrogen-bond donors (Lipinski definition) is 0. The topological polar surface area (TPSA) is 50.7 Å². The van der Waals surface area contributed by atoms with Crippen LogP contribution in [-0.2, 0) is 9.47 Å². The molecular weight excluding hydrogens is 316 g/mol. The highest BCUT2D eigenvalue weighted by Gasteiger charge is 2.40. The molecule has 0 radical (unpaired) electrons. The van der Waals surface area contributed by atoms with Gasteiger partial charge in [0.15, 0.2) is 5.79 Å². The molecule has 25 heavy (non-hydrogen) atoms. The highest BCUT2D eigenvalue weighted by Crippen LogP contribution is 2.33. The van der Waals surface area contributed by atoms with Crippen molar-refractivity contribution >= 4 is 11.8 Å². The molecule has 0 N–H and O–H groups in total. The van der Waals surface area contributed by atoms with E-state index in [-0.39, 0.29) is 5.79 Å². The lowest BCUT2D eigenvalue weighted by molar-refractivity contribution is -0.169. The molecule has 6 heteroatoms. The standard InChI is InChI=1S/C19H30N4O2/c1-3-16-6-4-5-9-23(16)18-20-15(2)14-17(21-18)22-10-7-19(8-11-22)24-12-13-25-19/h14,16H,3-13H2,1-2H3. The lowest BCUT2D eigenvalue weighted by atomic mass is 10.0. The molecule has 0 aromatic carbocycles. The molecular formula is C19H30N4O2. The van der Waals surface area contributed by atoms with Crippen LogP contribution in [0.2, 0.25) is 0 Å². The Kier molecular flexibility index (Phi) is 4.82. The first-order valence-corrected chi connectivity index (χ1v) is 9.84. The molecule has 1 aromatic rings. The van der Waals surface area contributed by atoms with Gasteiger partial charge in [0, 0.05) is 50.3 Å². The molecule has 4 rings (SSSR count). The average Bonchev–Trinajstić information content (AvgIpc) is 3.10. The Hall–Kier alpha value is -1.40. The minimum Gasteiger partial charge on any atom is -0.356 e. The quantitative estimate of drug-likeness (QED) is 0.839. The van der Waals surface area contributed by atoms with Crippen molar-refractivity contribution in [2.24, 2.45) is 0 Å². The summed E-state index contributed by atoms with van der Waals surface area (Å²) in [7, 11) is 0. The number of anilines is 2. The van der Waals surface area contributed by atoms with Gasteiger partial charge < -0.3 is 19.3 Å².